The van der Waals surface area contributed by atoms with Crippen LogP contribution >= 0.6 is 24.0 Å². The maximum absolute atomic E-state index is 11.9. The molecule has 0 aliphatic rings. The highest BCUT2D eigenvalue weighted by atomic mass is 35.5. The Bertz CT molecular complexity index is 73.5. The number of nitrogens with two attached hydrogens (primary N) is 1. The summed E-state index contributed by atoms with van der Waals surface area (Å²) < 4.78 is 23.8. The smallest absolute Gasteiger partial charge is 0.262 e. The first kappa shape index (κ1) is 12.1. The fourth-order valence-electron chi connectivity index (χ4n) is 0.207. The SMILES string of the molecule is CC(F)(F)C(Cl)CN.Cl. The highest BCUT2D eigenvalue weighted by molar-refractivity contribution is 6.21. The van der Waals surface area contributed by atoms with Crippen molar-refractivity contribution in [3.63, 3.8) is 0 Å². The highest BCUT2D eigenvalue weighted by Crippen LogP contribution is 2.20. The molecule has 58 valence electrons. The molecule has 0 amide bonds. The first-order chi connectivity index (χ1) is 3.48. The van der Waals surface area contributed by atoms with E-state index in [2.05, 4.69) is 0 Å². The first-order valence-electron chi connectivity index (χ1n) is 2.20. The molecule has 0 rings (SSSR count). The van der Waals surface area contributed by atoms with E-state index in [-0.39, 0.29) is 19.0 Å². The van der Waals surface area contributed by atoms with Crippen LogP contribution in [0, 0.1) is 0 Å². The van der Waals surface area contributed by atoms with Gasteiger partial charge in [0, 0.05) is 13.5 Å². The lowest BCUT2D eigenvalue weighted by Crippen LogP contribution is -2.31. The second-order valence-electron chi connectivity index (χ2n) is 1.66. The zero-order valence-electron chi connectivity index (χ0n) is 4.90. The Kier molecular flexibility index (Phi) is 5.72. The van der Waals surface area contributed by atoms with E-state index in [4.69, 9.17) is 17.3 Å². The zero-order valence-corrected chi connectivity index (χ0v) is 6.48. The standard InChI is InChI=1S/C4H8ClF2N.ClH/c1-4(6,7)3(5)2-8;/h3H,2,8H2,1H3;1H. The summed E-state index contributed by atoms with van der Waals surface area (Å²) in [4.78, 5) is 0. The van der Waals surface area contributed by atoms with Crippen molar-refractivity contribution in [2.75, 3.05) is 6.54 Å². The number of rotatable bonds is 2. The summed E-state index contributed by atoms with van der Waals surface area (Å²) in [7, 11) is 0. The summed E-state index contributed by atoms with van der Waals surface area (Å²) in [6.07, 6.45) is 0. The lowest BCUT2D eigenvalue weighted by atomic mass is 10.3. The Hall–Kier alpha value is 0.400. The quantitative estimate of drug-likeness (QED) is 0.642. The van der Waals surface area contributed by atoms with Gasteiger partial charge >= 0.3 is 0 Å². The molecule has 0 aromatic heterocycles. The van der Waals surface area contributed by atoms with E-state index >= 15 is 0 Å². The molecule has 0 radical (unpaired) electrons. The van der Waals surface area contributed by atoms with Crippen molar-refractivity contribution in [2.45, 2.75) is 18.2 Å². The van der Waals surface area contributed by atoms with Crippen molar-refractivity contribution in [2.24, 2.45) is 5.73 Å². The molecule has 0 aliphatic carbocycles. The summed E-state index contributed by atoms with van der Waals surface area (Å²) in [5.41, 5.74) is 4.85. The van der Waals surface area contributed by atoms with E-state index in [1.807, 2.05) is 0 Å². The van der Waals surface area contributed by atoms with Crippen LogP contribution in [0.25, 0.3) is 0 Å². The molecular formula is C4H9Cl2F2N. The van der Waals surface area contributed by atoms with Gasteiger partial charge in [-0.15, -0.1) is 24.0 Å². The van der Waals surface area contributed by atoms with E-state index < -0.39 is 11.3 Å². The van der Waals surface area contributed by atoms with Crippen molar-refractivity contribution >= 4 is 24.0 Å². The third-order valence-corrected chi connectivity index (χ3v) is 1.32. The van der Waals surface area contributed by atoms with Crippen molar-refractivity contribution in [3.05, 3.63) is 0 Å². The minimum absolute atomic E-state index is 0. The average molecular weight is 180 g/mol. The van der Waals surface area contributed by atoms with Crippen molar-refractivity contribution in [1.82, 2.24) is 0 Å². The first-order valence-corrected chi connectivity index (χ1v) is 2.64. The lowest BCUT2D eigenvalue weighted by Gasteiger charge is -2.13. The molecule has 5 heteroatoms. The third kappa shape index (κ3) is 4.88. The van der Waals surface area contributed by atoms with Gasteiger partial charge in [0.1, 0.15) is 5.38 Å². The van der Waals surface area contributed by atoms with Crippen molar-refractivity contribution in [3.8, 4) is 0 Å². The molecule has 1 nitrogen and oxygen atoms in total. The van der Waals surface area contributed by atoms with Gasteiger partial charge in [-0.3, -0.25) is 0 Å². The molecule has 0 bridgehead atoms. The summed E-state index contributed by atoms with van der Waals surface area (Å²) in [5, 5.41) is -1.23. The predicted molar refractivity (Wildman–Crippen MR) is 36.6 cm³/mol. The van der Waals surface area contributed by atoms with Crippen LogP contribution in [0.4, 0.5) is 8.78 Å². The maximum Gasteiger partial charge on any atom is 0.262 e. The molecule has 0 saturated heterocycles. The molecule has 0 aromatic rings. The molecule has 1 atom stereocenters. The largest absolute Gasteiger partial charge is 0.329 e. The predicted octanol–water partition coefficient (Wildman–Crippen LogP) is 1.63. The van der Waals surface area contributed by atoms with Crippen LogP contribution in [0.3, 0.4) is 0 Å². The molecule has 1 unspecified atom stereocenters. The van der Waals surface area contributed by atoms with Crippen LogP contribution in [-0.4, -0.2) is 17.8 Å². The van der Waals surface area contributed by atoms with Gasteiger partial charge < -0.3 is 5.73 Å². The second-order valence-corrected chi connectivity index (χ2v) is 2.19. The zero-order chi connectivity index (χ0) is 6.78. The minimum Gasteiger partial charge on any atom is -0.329 e. The van der Waals surface area contributed by atoms with Crippen LogP contribution in [0.1, 0.15) is 6.92 Å². The van der Waals surface area contributed by atoms with Gasteiger partial charge in [0.2, 0.25) is 0 Å². The Balaban J connectivity index is 0. The summed E-state index contributed by atoms with van der Waals surface area (Å²) in [6.45, 7) is 0.558. The number of hydrogen-bond acceptors (Lipinski definition) is 1. The van der Waals surface area contributed by atoms with Gasteiger partial charge in [0.25, 0.3) is 5.92 Å². The van der Waals surface area contributed by atoms with Crippen molar-refractivity contribution in [1.29, 1.82) is 0 Å². The number of halogens is 4. The molecule has 0 saturated carbocycles. The molecule has 9 heavy (non-hydrogen) atoms. The van der Waals surface area contributed by atoms with Crippen LogP contribution < -0.4 is 5.73 Å². The molecule has 0 heterocycles. The fourth-order valence-corrected chi connectivity index (χ4v) is 0.207. The van der Waals surface area contributed by atoms with E-state index in [1.165, 1.54) is 0 Å². The van der Waals surface area contributed by atoms with E-state index in [0.29, 0.717) is 0 Å². The maximum atomic E-state index is 11.9. The van der Waals surface area contributed by atoms with Gasteiger partial charge in [0.05, 0.1) is 0 Å². The Morgan fingerprint density at radius 2 is 2.00 bits per heavy atom. The fraction of sp³-hybridized carbons (Fsp3) is 1.00. The van der Waals surface area contributed by atoms with Crippen LogP contribution in [-0.2, 0) is 0 Å². The normalized spacial score (nSPS) is 14.3. The number of hydrogen-bond donors (Lipinski definition) is 1. The van der Waals surface area contributed by atoms with Crippen LogP contribution in [0.2, 0.25) is 0 Å². The Labute approximate surface area is 64.0 Å². The molecule has 0 fully saturated rings. The van der Waals surface area contributed by atoms with Gasteiger partial charge in [-0.1, -0.05) is 0 Å². The van der Waals surface area contributed by atoms with Crippen LogP contribution in [0.15, 0.2) is 0 Å². The molecule has 0 spiro atoms. The van der Waals surface area contributed by atoms with Gasteiger partial charge in [-0.05, 0) is 0 Å². The highest BCUT2D eigenvalue weighted by Gasteiger charge is 2.30. The second kappa shape index (κ2) is 4.25. The van der Waals surface area contributed by atoms with Crippen molar-refractivity contribution < 1.29 is 8.78 Å². The molecule has 0 aromatic carbocycles. The van der Waals surface area contributed by atoms with Gasteiger partial charge in [-0.2, -0.15) is 0 Å². The topological polar surface area (TPSA) is 26.0 Å². The van der Waals surface area contributed by atoms with E-state index in [9.17, 15) is 8.78 Å². The third-order valence-electron chi connectivity index (χ3n) is 0.757. The monoisotopic (exact) mass is 179 g/mol. The Morgan fingerprint density at radius 3 is 2.00 bits per heavy atom. The van der Waals surface area contributed by atoms with Crippen LogP contribution in [0.5, 0.6) is 0 Å². The molecular weight excluding hydrogens is 171 g/mol. The van der Waals surface area contributed by atoms with E-state index in [0.717, 1.165) is 6.92 Å². The summed E-state index contributed by atoms with van der Waals surface area (Å²) in [5.74, 6) is -2.85. The molecule has 0 aliphatic heterocycles. The number of alkyl halides is 3. The van der Waals surface area contributed by atoms with Gasteiger partial charge in [-0.25, -0.2) is 8.78 Å². The minimum atomic E-state index is -2.85. The van der Waals surface area contributed by atoms with Gasteiger partial charge in [0.15, 0.2) is 0 Å². The Morgan fingerprint density at radius 1 is 1.67 bits per heavy atom. The average Bonchev–Trinajstić information content (AvgIpc) is 1.62. The molecule has 2 N–H and O–H groups in total. The summed E-state index contributed by atoms with van der Waals surface area (Å²) >= 11 is 5.07. The lowest BCUT2D eigenvalue weighted by molar-refractivity contribution is 0.0198. The van der Waals surface area contributed by atoms with E-state index in [1.54, 1.807) is 0 Å². The summed E-state index contributed by atoms with van der Waals surface area (Å²) in [6, 6.07) is 0.